The quantitative estimate of drug-likeness (QED) is 0.270. The van der Waals surface area contributed by atoms with Crippen molar-refractivity contribution in [3.63, 3.8) is 0 Å². The van der Waals surface area contributed by atoms with Gasteiger partial charge in [-0.05, 0) is 58.8 Å². The van der Waals surface area contributed by atoms with Crippen molar-refractivity contribution in [1.82, 2.24) is 5.01 Å². The molecule has 4 atom stereocenters. The number of hydrogen-bond donors (Lipinski definition) is 0. The minimum atomic E-state index is -0.499. The summed E-state index contributed by atoms with van der Waals surface area (Å²) in [6.07, 6.45) is 6.37. The normalized spacial score (nSPS) is 27.2. The Morgan fingerprint density at radius 2 is 1.93 bits per heavy atom. The molecule has 1 saturated heterocycles. The van der Waals surface area contributed by atoms with Gasteiger partial charge in [-0.25, -0.2) is 4.79 Å². The second-order valence-corrected chi connectivity index (χ2v) is 8.40. The summed E-state index contributed by atoms with van der Waals surface area (Å²) >= 11 is 9.60. The number of ether oxygens (including phenoxy) is 2. The molecule has 2 amide bonds. The number of benzene rings is 1. The highest BCUT2D eigenvalue weighted by Gasteiger charge is 2.59. The maximum atomic E-state index is 12.7. The molecule has 1 aromatic carbocycles. The molecule has 0 radical (unpaired) electrons. The van der Waals surface area contributed by atoms with Crippen LogP contribution in [0.1, 0.15) is 18.9 Å². The average Bonchev–Trinajstić information content (AvgIpc) is 3.34. The minimum Gasteiger partial charge on any atom is -0.479 e. The summed E-state index contributed by atoms with van der Waals surface area (Å²) in [5.74, 6) is -0.988. The Labute approximate surface area is 180 Å². The topological polar surface area (TPSA) is 85.3 Å². The second kappa shape index (κ2) is 7.91. The maximum Gasteiger partial charge on any atom is 0.344 e. The number of hydrazone groups is 1. The largest absolute Gasteiger partial charge is 0.479 e. The molecule has 2 fully saturated rings. The summed E-state index contributed by atoms with van der Waals surface area (Å²) < 4.78 is 10.7. The molecule has 0 spiro atoms. The van der Waals surface area contributed by atoms with Gasteiger partial charge in [0.1, 0.15) is 0 Å². The van der Waals surface area contributed by atoms with E-state index in [0.29, 0.717) is 15.8 Å². The van der Waals surface area contributed by atoms with Gasteiger partial charge in [0.25, 0.3) is 11.8 Å². The van der Waals surface area contributed by atoms with E-state index >= 15 is 0 Å². The third-order valence-electron chi connectivity index (χ3n) is 5.43. The Balaban J connectivity index is 1.47. The number of rotatable bonds is 6. The Bertz CT molecular complexity index is 894. The fourth-order valence-corrected chi connectivity index (χ4v) is 5.24. The van der Waals surface area contributed by atoms with Crippen LogP contribution < -0.4 is 4.74 Å². The molecule has 9 heteroatoms. The average molecular weight is 482 g/mol. The van der Waals surface area contributed by atoms with Crippen LogP contribution in [0.3, 0.4) is 0 Å². The standard InChI is InChI=1S/C20H18BrClN2O5/c1-2-28-15(25)9-29-18-13(21)5-10(6-14(18)22)8-23-24-19(26)16-11-3-4-12(7-11)17(16)20(24)27/h3-6,8,11-12,16-17H,2,7,9H2,1H3/t11-,12-,16-,17+/m0/s1. The summed E-state index contributed by atoms with van der Waals surface area (Å²) in [5.41, 5.74) is 0.573. The van der Waals surface area contributed by atoms with Crippen LogP contribution in [0, 0.1) is 23.7 Å². The highest BCUT2D eigenvalue weighted by Crippen LogP contribution is 2.52. The molecule has 0 unspecified atom stereocenters. The van der Waals surface area contributed by atoms with Crippen LogP contribution in [0.5, 0.6) is 5.75 Å². The zero-order valence-electron chi connectivity index (χ0n) is 15.5. The second-order valence-electron chi connectivity index (χ2n) is 7.14. The summed E-state index contributed by atoms with van der Waals surface area (Å²) in [5, 5.41) is 5.37. The summed E-state index contributed by atoms with van der Waals surface area (Å²) in [6, 6.07) is 3.25. The maximum absolute atomic E-state index is 12.7. The monoisotopic (exact) mass is 480 g/mol. The van der Waals surface area contributed by atoms with Crippen molar-refractivity contribution in [3.05, 3.63) is 39.3 Å². The number of imide groups is 1. The molecule has 2 aliphatic carbocycles. The van der Waals surface area contributed by atoms with E-state index in [0.717, 1.165) is 11.4 Å². The number of hydrogen-bond acceptors (Lipinski definition) is 6. The molecule has 4 rings (SSSR count). The molecule has 29 heavy (non-hydrogen) atoms. The Morgan fingerprint density at radius 1 is 1.28 bits per heavy atom. The van der Waals surface area contributed by atoms with Crippen LogP contribution in [0.2, 0.25) is 5.02 Å². The number of esters is 1. The van der Waals surface area contributed by atoms with Gasteiger partial charge in [0.05, 0.1) is 34.2 Å². The molecule has 0 aromatic heterocycles. The van der Waals surface area contributed by atoms with Crippen molar-refractivity contribution < 1.29 is 23.9 Å². The van der Waals surface area contributed by atoms with E-state index in [-0.39, 0.29) is 53.7 Å². The van der Waals surface area contributed by atoms with Crippen LogP contribution in [0.4, 0.5) is 0 Å². The summed E-state index contributed by atoms with van der Waals surface area (Å²) in [6.45, 7) is 1.70. The first-order valence-electron chi connectivity index (χ1n) is 9.28. The number of carbonyl (C=O) groups is 3. The molecule has 152 valence electrons. The third kappa shape index (κ3) is 3.59. The molecule has 0 N–H and O–H groups in total. The van der Waals surface area contributed by atoms with E-state index in [1.807, 2.05) is 12.2 Å². The number of carbonyl (C=O) groups excluding carboxylic acids is 3. The lowest BCUT2D eigenvalue weighted by molar-refractivity contribution is -0.145. The van der Waals surface area contributed by atoms with Crippen molar-refractivity contribution in [2.75, 3.05) is 13.2 Å². The zero-order chi connectivity index (χ0) is 20.7. The highest BCUT2D eigenvalue weighted by atomic mass is 79.9. The van der Waals surface area contributed by atoms with E-state index in [4.69, 9.17) is 21.1 Å². The van der Waals surface area contributed by atoms with E-state index in [1.54, 1.807) is 19.1 Å². The zero-order valence-corrected chi connectivity index (χ0v) is 17.9. The van der Waals surface area contributed by atoms with E-state index in [2.05, 4.69) is 21.0 Å². The van der Waals surface area contributed by atoms with Gasteiger partial charge in [0, 0.05) is 0 Å². The SMILES string of the molecule is CCOC(=O)COc1c(Cl)cc(C=NN2C(=O)[C@@H]3[C@H](C2=O)[C@H]2C=C[C@H]3C2)cc1Br. The predicted octanol–water partition coefficient (Wildman–Crippen LogP) is 3.19. The number of fused-ring (bicyclic) bond motifs is 5. The first-order valence-corrected chi connectivity index (χ1v) is 10.5. The van der Waals surface area contributed by atoms with Crippen molar-refractivity contribution >= 4 is 51.5 Å². The molecule has 7 nitrogen and oxygen atoms in total. The Morgan fingerprint density at radius 3 is 2.52 bits per heavy atom. The molecule has 3 aliphatic rings. The van der Waals surface area contributed by atoms with Crippen molar-refractivity contribution in [2.45, 2.75) is 13.3 Å². The molecule has 1 aliphatic heterocycles. The van der Waals surface area contributed by atoms with Gasteiger partial charge in [-0.1, -0.05) is 23.8 Å². The van der Waals surface area contributed by atoms with Gasteiger partial charge in [-0.2, -0.15) is 10.1 Å². The first-order chi connectivity index (χ1) is 13.9. The van der Waals surface area contributed by atoms with E-state index < -0.39 is 5.97 Å². The van der Waals surface area contributed by atoms with Gasteiger partial charge in [0.2, 0.25) is 0 Å². The molecular weight excluding hydrogens is 464 g/mol. The molecule has 1 heterocycles. The van der Waals surface area contributed by atoms with Gasteiger partial charge in [-0.15, -0.1) is 0 Å². The lowest BCUT2D eigenvalue weighted by Gasteiger charge is -2.13. The van der Waals surface area contributed by atoms with Gasteiger partial charge in [0.15, 0.2) is 12.4 Å². The number of halogens is 2. The highest BCUT2D eigenvalue weighted by molar-refractivity contribution is 9.10. The van der Waals surface area contributed by atoms with Crippen LogP contribution >= 0.6 is 27.5 Å². The summed E-state index contributed by atoms with van der Waals surface area (Å²) in [4.78, 5) is 36.8. The van der Waals surface area contributed by atoms with Crippen molar-refractivity contribution in [1.29, 1.82) is 0 Å². The van der Waals surface area contributed by atoms with Crippen LogP contribution in [0.15, 0.2) is 33.9 Å². The van der Waals surface area contributed by atoms with Gasteiger partial charge < -0.3 is 9.47 Å². The van der Waals surface area contributed by atoms with E-state index in [1.165, 1.54) is 6.21 Å². The lowest BCUT2D eigenvalue weighted by Crippen LogP contribution is -2.28. The molecular formula is C20H18BrClN2O5. The van der Waals surface area contributed by atoms with Crippen LogP contribution in [-0.4, -0.2) is 42.2 Å². The first kappa shape index (κ1) is 20.1. The van der Waals surface area contributed by atoms with Crippen LogP contribution in [0.25, 0.3) is 0 Å². The number of nitrogens with zero attached hydrogens (tertiary/aromatic N) is 2. The fraction of sp³-hybridized carbons (Fsp3) is 0.400. The van der Waals surface area contributed by atoms with Gasteiger partial charge in [-0.3, -0.25) is 9.59 Å². The fourth-order valence-electron chi connectivity index (χ4n) is 4.25. The lowest BCUT2D eigenvalue weighted by atomic mass is 9.85. The minimum absolute atomic E-state index is 0.140. The van der Waals surface area contributed by atoms with Crippen molar-refractivity contribution in [2.24, 2.45) is 28.8 Å². The Kier molecular flexibility index (Phi) is 5.48. The smallest absolute Gasteiger partial charge is 0.344 e. The third-order valence-corrected chi connectivity index (χ3v) is 6.30. The summed E-state index contributed by atoms with van der Waals surface area (Å²) in [7, 11) is 0. The Hall–Kier alpha value is -2.19. The molecule has 1 aromatic rings. The predicted molar refractivity (Wildman–Crippen MR) is 108 cm³/mol. The van der Waals surface area contributed by atoms with Gasteiger partial charge >= 0.3 is 5.97 Å². The van der Waals surface area contributed by atoms with E-state index in [9.17, 15) is 14.4 Å². The van der Waals surface area contributed by atoms with Crippen LogP contribution in [-0.2, 0) is 19.1 Å². The number of amides is 2. The number of allylic oxidation sites excluding steroid dienone is 2. The van der Waals surface area contributed by atoms with Crippen molar-refractivity contribution in [3.8, 4) is 5.75 Å². The molecule has 2 bridgehead atoms. The molecule has 1 saturated carbocycles.